The standard InChI is InChI=1S/C18H25ClN2O6/c1-5-6-7-26-15-12(19)8-11(9-13(15)25-4)17(23)27-14(10(2)3)16(22)21-18(20)24/h8-10,14H,5-7H2,1-4H3,(H3,20,21,22,24)/t14-/m1/s1. The van der Waals surface area contributed by atoms with Crippen molar-refractivity contribution in [1.29, 1.82) is 0 Å². The number of urea groups is 1. The minimum absolute atomic E-state index is 0.0808. The number of methoxy groups -OCH3 is 1. The number of nitrogens with two attached hydrogens (primary N) is 1. The number of amides is 3. The molecule has 8 nitrogen and oxygen atoms in total. The van der Waals surface area contributed by atoms with E-state index in [9.17, 15) is 14.4 Å². The van der Waals surface area contributed by atoms with Gasteiger partial charge in [-0.05, 0) is 24.5 Å². The van der Waals surface area contributed by atoms with E-state index in [1.807, 2.05) is 12.2 Å². The number of benzene rings is 1. The van der Waals surface area contributed by atoms with Crippen molar-refractivity contribution in [2.24, 2.45) is 11.7 Å². The summed E-state index contributed by atoms with van der Waals surface area (Å²) in [4.78, 5) is 35.3. The fraction of sp³-hybridized carbons (Fsp3) is 0.500. The molecule has 1 aromatic carbocycles. The van der Waals surface area contributed by atoms with Gasteiger partial charge in [-0.1, -0.05) is 38.8 Å². The Labute approximate surface area is 163 Å². The van der Waals surface area contributed by atoms with E-state index in [4.69, 9.17) is 31.5 Å². The lowest BCUT2D eigenvalue weighted by atomic mass is 10.1. The summed E-state index contributed by atoms with van der Waals surface area (Å²) in [5.74, 6) is -1.39. The van der Waals surface area contributed by atoms with E-state index in [-0.39, 0.29) is 22.3 Å². The largest absolute Gasteiger partial charge is 0.493 e. The van der Waals surface area contributed by atoms with E-state index in [1.165, 1.54) is 19.2 Å². The highest BCUT2D eigenvalue weighted by atomic mass is 35.5. The molecular formula is C18H25ClN2O6. The number of imide groups is 1. The quantitative estimate of drug-likeness (QED) is 0.486. The predicted octanol–water partition coefficient (Wildman–Crippen LogP) is 2.90. The van der Waals surface area contributed by atoms with Crippen LogP contribution in [-0.4, -0.2) is 37.7 Å². The first-order valence-corrected chi connectivity index (χ1v) is 8.90. The van der Waals surface area contributed by atoms with E-state index >= 15 is 0 Å². The van der Waals surface area contributed by atoms with E-state index in [0.29, 0.717) is 12.4 Å². The van der Waals surface area contributed by atoms with Crippen LogP contribution in [0, 0.1) is 5.92 Å². The molecule has 0 fully saturated rings. The Hall–Kier alpha value is -2.48. The Bertz CT molecular complexity index is 693. The average Bonchev–Trinajstić information content (AvgIpc) is 2.59. The summed E-state index contributed by atoms with van der Waals surface area (Å²) in [6.45, 7) is 5.81. The van der Waals surface area contributed by atoms with Crippen molar-refractivity contribution in [2.75, 3.05) is 13.7 Å². The lowest BCUT2D eigenvalue weighted by Gasteiger charge is -2.20. The second kappa shape index (κ2) is 10.6. The number of hydrogen-bond acceptors (Lipinski definition) is 6. The highest BCUT2D eigenvalue weighted by Crippen LogP contribution is 2.37. The van der Waals surface area contributed by atoms with Gasteiger partial charge >= 0.3 is 12.0 Å². The fourth-order valence-corrected chi connectivity index (χ4v) is 2.43. The Kier molecular flexibility index (Phi) is 8.87. The number of ether oxygens (including phenoxy) is 3. The number of primary amides is 1. The molecule has 0 heterocycles. The summed E-state index contributed by atoms with van der Waals surface area (Å²) in [6, 6.07) is 1.76. The van der Waals surface area contributed by atoms with Gasteiger partial charge in [-0.2, -0.15) is 0 Å². The molecule has 3 amide bonds. The summed E-state index contributed by atoms with van der Waals surface area (Å²) in [6.07, 6.45) is 0.595. The number of esters is 1. The molecular weight excluding hydrogens is 376 g/mol. The van der Waals surface area contributed by atoms with Gasteiger partial charge in [0.25, 0.3) is 5.91 Å². The van der Waals surface area contributed by atoms with Crippen molar-refractivity contribution in [3.63, 3.8) is 0 Å². The predicted molar refractivity (Wildman–Crippen MR) is 100 cm³/mol. The molecule has 0 aliphatic rings. The molecule has 3 N–H and O–H groups in total. The fourth-order valence-electron chi connectivity index (χ4n) is 2.16. The molecule has 0 bridgehead atoms. The van der Waals surface area contributed by atoms with Crippen molar-refractivity contribution < 1.29 is 28.6 Å². The van der Waals surface area contributed by atoms with E-state index in [2.05, 4.69) is 0 Å². The number of halogens is 1. The van der Waals surface area contributed by atoms with Gasteiger partial charge < -0.3 is 19.9 Å². The Balaban J connectivity index is 3.03. The zero-order chi connectivity index (χ0) is 20.6. The third kappa shape index (κ3) is 6.63. The van der Waals surface area contributed by atoms with Crippen molar-refractivity contribution in [3.05, 3.63) is 22.7 Å². The molecule has 9 heteroatoms. The summed E-state index contributed by atoms with van der Waals surface area (Å²) < 4.78 is 16.1. The first-order valence-electron chi connectivity index (χ1n) is 8.52. The Morgan fingerprint density at radius 1 is 1.26 bits per heavy atom. The molecule has 0 unspecified atom stereocenters. The zero-order valence-corrected chi connectivity index (χ0v) is 16.6. The topological polar surface area (TPSA) is 117 Å². The zero-order valence-electron chi connectivity index (χ0n) is 15.8. The van der Waals surface area contributed by atoms with E-state index < -0.39 is 24.0 Å². The minimum Gasteiger partial charge on any atom is -0.493 e. The van der Waals surface area contributed by atoms with Crippen LogP contribution in [0.5, 0.6) is 11.5 Å². The second-order valence-corrected chi connectivity index (χ2v) is 6.52. The lowest BCUT2D eigenvalue weighted by Crippen LogP contribution is -2.45. The van der Waals surface area contributed by atoms with Crippen molar-refractivity contribution >= 4 is 29.5 Å². The highest BCUT2D eigenvalue weighted by molar-refractivity contribution is 6.32. The smallest absolute Gasteiger partial charge is 0.339 e. The van der Waals surface area contributed by atoms with Crippen LogP contribution in [0.3, 0.4) is 0 Å². The maximum Gasteiger partial charge on any atom is 0.339 e. The van der Waals surface area contributed by atoms with Crippen molar-refractivity contribution in [1.82, 2.24) is 5.32 Å². The molecule has 0 aromatic heterocycles. The maximum atomic E-state index is 12.5. The van der Waals surface area contributed by atoms with Crippen LogP contribution in [0.1, 0.15) is 44.0 Å². The molecule has 0 spiro atoms. The van der Waals surface area contributed by atoms with Gasteiger partial charge in [-0.3, -0.25) is 10.1 Å². The molecule has 27 heavy (non-hydrogen) atoms. The van der Waals surface area contributed by atoms with E-state index in [0.717, 1.165) is 12.8 Å². The van der Waals surface area contributed by atoms with E-state index in [1.54, 1.807) is 13.8 Å². The maximum absolute atomic E-state index is 12.5. The van der Waals surface area contributed by atoms with Crippen LogP contribution < -0.4 is 20.5 Å². The molecule has 0 aliphatic carbocycles. The van der Waals surface area contributed by atoms with Crippen LogP contribution in [0.25, 0.3) is 0 Å². The van der Waals surface area contributed by atoms with Gasteiger partial charge in [0.05, 0.1) is 24.3 Å². The van der Waals surface area contributed by atoms with Crippen molar-refractivity contribution in [3.8, 4) is 11.5 Å². The summed E-state index contributed by atoms with van der Waals surface area (Å²) >= 11 is 6.21. The Morgan fingerprint density at radius 3 is 2.44 bits per heavy atom. The van der Waals surface area contributed by atoms with Gasteiger partial charge in [-0.15, -0.1) is 0 Å². The first-order chi connectivity index (χ1) is 12.7. The molecule has 0 aliphatic heterocycles. The van der Waals surface area contributed by atoms with Crippen molar-refractivity contribution in [2.45, 2.75) is 39.7 Å². The van der Waals surface area contributed by atoms with Gasteiger partial charge in [0.2, 0.25) is 0 Å². The first kappa shape index (κ1) is 22.6. The number of carbonyl (C=O) groups is 3. The van der Waals surface area contributed by atoms with Crippen LogP contribution in [0.2, 0.25) is 5.02 Å². The molecule has 0 saturated heterocycles. The third-order valence-electron chi connectivity index (χ3n) is 3.55. The van der Waals surface area contributed by atoms with Gasteiger partial charge in [0.1, 0.15) is 0 Å². The van der Waals surface area contributed by atoms with Crippen LogP contribution in [-0.2, 0) is 9.53 Å². The molecule has 0 saturated carbocycles. The van der Waals surface area contributed by atoms with Gasteiger partial charge in [-0.25, -0.2) is 9.59 Å². The summed E-state index contributed by atoms with van der Waals surface area (Å²) in [5, 5.41) is 2.09. The summed E-state index contributed by atoms with van der Waals surface area (Å²) in [5.41, 5.74) is 5.02. The van der Waals surface area contributed by atoms with Crippen LogP contribution in [0.15, 0.2) is 12.1 Å². The number of nitrogens with one attached hydrogen (secondary N) is 1. The second-order valence-electron chi connectivity index (χ2n) is 6.11. The third-order valence-corrected chi connectivity index (χ3v) is 3.83. The van der Waals surface area contributed by atoms with Gasteiger partial charge in [0, 0.05) is 0 Å². The van der Waals surface area contributed by atoms with Crippen LogP contribution >= 0.6 is 11.6 Å². The van der Waals surface area contributed by atoms with Crippen LogP contribution in [0.4, 0.5) is 4.79 Å². The highest BCUT2D eigenvalue weighted by Gasteiger charge is 2.28. The Morgan fingerprint density at radius 2 is 1.93 bits per heavy atom. The number of carbonyl (C=O) groups excluding carboxylic acids is 3. The normalized spacial score (nSPS) is 11.6. The molecule has 1 aromatic rings. The molecule has 0 radical (unpaired) electrons. The summed E-state index contributed by atoms with van der Waals surface area (Å²) in [7, 11) is 1.42. The molecule has 1 atom stereocenters. The lowest BCUT2D eigenvalue weighted by molar-refractivity contribution is -0.130. The molecule has 1 rings (SSSR count). The number of unbranched alkanes of at least 4 members (excludes halogenated alkanes) is 1. The average molecular weight is 401 g/mol. The monoisotopic (exact) mass is 400 g/mol. The SMILES string of the molecule is CCCCOc1c(Cl)cc(C(=O)O[C@@H](C(=O)NC(N)=O)C(C)C)cc1OC. The van der Waals surface area contributed by atoms with Gasteiger partial charge in [0.15, 0.2) is 17.6 Å². The number of hydrogen-bond donors (Lipinski definition) is 2. The minimum atomic E-state index is -1.20. The molecule has 150 valence electrons. The number of rotatable bonds is 9.